The van der Waals surface area contributed by atoms with E-state index in [-0.39, 0.29) is 16.5 Å². The fraction of sp³-hybridized carbons (Fsp3) is 0. The topological polar surface area (TPSA) is 26.3 Å². The quantitative estimate of drug-likeness (QED) is 0.779. The van der Waals surface area contributed by atoms with Gasteiger partial charge in [-0.3, -0.25) is 4.79 Å². The minimum Gasteiger partial charge on any atom is -0.456 e. The van der Waals surface area contributed by atoms with E-state index >= 15 is 0 Å². The van der Waals surface area contributed by atoms with Gasteiger partial charge in [0.15, 0.2) is 0 Å². The van der Waals surface area contributed by atoms with E-state index in [1.54, 1.807) is 0 Å². The van der Waals surface area contributed by atoms with Gasteiger partial charge < -0.3 is 4.74 Å². The molecule has 0 spiro atoms. The van der Waals surface area contributed by atoms with Crippen molar-refractivity contribution in [3.05, 3.63) is 58.6 Å². The SMILES string of the molecule is O=Cc1ccc(Oc2cc(F)cc(F)c2)c(Cl)c1. The first-order valence-electron chi connectivity index (χ1n) is 4.97. The molecule has 0 fully saturated rings. The molecule has 2 nitrogen and oxygen atoms in total. The van der Waals surface area contributed by atoms with Crippen molar-refractivity contribution in [2.24, 2.45) is 0 Å². The van der Waals surface area contributed by atoms with Crippen LogP contribution in [0.25, 0.3) is 0 Å². The Morgan fingerprint density at radius 2 is 1.72 bits per heavy atom. The van der Waals surface area contributed by atoms with E-state index in [0.29, 0.717) is 11.8 Å². The predicted molar refractivity (Wildman–Crippen MR) is 63.3 cm³/mol. The molecule has 0 amide bonds. The molecule has 0 aromatic heterocycles. The van der Waals surface area contributed by atoms with Gasteiger partial charge >= 0.3 is 0 Å². The van der Waals surface area contributed by atoms with E-state index in [1.165, 1.54) is 18.2 Å². The Hall–Kier alpha value is -1.94. The molecule has 0 atom stereocenters. The first-order chi connectivity index (χ1) is 8.58. The molecule has 0 saturated heterocycles. The minimum atomic E-state index is -0.745. The summed E-state index contributed by atoms with van der Waals surface area (Å²) in [7, 11) is 0. The van der Waals surface area contributed by atoms with Gasteiger partial charge in [0.1, 0.15) is 29.4 Å². The summed E-state index contributed by atoms with van der Waals surface area (Å²) in [6, 6.07) is 7.16. The second kappa shape index (κ2) is 5.14. The minimum absolute atomic E-state index is 0.00625. The number of aldehydes is 1. The highest BCUT2D eigenvalue weighted by Crippen LogP contribution is 2.30. The van der Waals surface area contributed by atoms with Crippen molar-refractivity contribution in [3.8, 4) is 11.5 Å². The van der Waals surface area contributed by atoms with E-state index in [2.05, 4.69) is 0 Å². The fourth-order valence-electron chi connectivity index (χ4n) is 1.39. The molecule has 0 bridgehead atoms. The Bertz CT molecular complexity index is 579. The average Bonchev–Trinajstić information content (AvgIpc) is 2.30. The summed E-state index contributed by atoms with van der Waals surface area (Å²) >= 11 is 5.87. The molecule has 0 N–H and O–H groups in total. The Balaban J connectivity index is 2.31. The van der Waals surface area contributed by atoms with Gasteiger partial charge in [-0.15, -0.1) is 0 Å². The molecule has 0 heterocycles. The number of halogens is 3. The molecule has 0 aliphatic carbocycles. The largest absolute Gasteiger partial charge is 0.456 e. The molecule has 0 aliphatic rings. The highest BCUT2D eigenvalue weighted by molar-refractivity contribution is 6.32. The van der Waals surface area contributed by atoms with Gasteiger partial charge in [-0.2, -0.15) is 0 Å². The van der Waals surface area contributed by atoms with Crippen LogP contribution in [-0.2, 0) is 0 Å². The number of hydrogen-bond acceptors (Lipinski definition) is 2. The lowest BCUT2D eigenvalue weighted by atomic mass is 10.2. The summed E-state index contributed by atoms with van der Waals surface area (Å²) < 4.78 is 31.1. The van der Waals surface area contributed by atoms with Crippen LogP contribution in [-0.4, -0.2) is 6.29 Å². The predicted octanol–water partition coefficient (Wildman–Crippen LogP) is 4.22. The van der Waals surface area contributed by atoms with Crippen LogP contribution in [0, 0.1) is 11.6 Å². The first-order valence-corrected chi connectivity index (χ1v) is 5.35. The van der Waals surface area contributed by atoms with E-state index in [0.717, 1.165) is 18.2 Å². The summed E-state index contributed by atoms with van der Waals surface area (Å²) in [6.45, 7) is 0. The van der Waals surface area contributed by atoms with Crippen LogP contribution in [0.4, 0.5) is 8.78 Å². The smallest absolute Gasteiger partial charge is 0.150 e. The molecular weight excluding hydrogens is 262 g/mol. The summed E-state index contributed by atoms with van der Waals surface area (Å²) in [4.78, 5) is 10.5. The highest BCUT2D eigenvalue weighted by atomic mass is 35.5. The third kappa shape index (κ3) is 2.84. The molecule has 5 heteroatoms. The zero-order valence-corrected chi connectivity index (χ0v) is 9.75. The molecule has 2 rings (SSSR count). The lowest BCUT2D eigenvalue weighted by molar-refractivity contribution is 0.112. The number of rotatable bonds is 3. The van der Waals surface area contributed by atoms with Crippen LogP contribution in [0.2, 0.25) is 5.02 Å². The molecule has 0 unspecified atom stereocenters. The van der Waals surface area contributed by atoms with Crippen molar-refractivity contribution in [1.29, 1.82) is 0 Å². The number of hydrogen-bond donors (Lipinski definition) is 0. The zero-order chi connectivity index (χ0) is 13.1. The van der Waals surface area contributed by atoms with Gasteiger partial charge in [0, 0.05) is 23.8 Å². The van der Waals surface area contributed by atoms with Gasteiger partial charge in [0.05, 0.1) is 5.02 Å². The summed E-state index contributed by atoms with van der Waals surface area (Å²) in [5, 5.41) is 0.185. The standard InChI is InChI=1S/C13H7ClF2O2/c14-12-3-8(7-17)1-2-13(12)18-11-5-9(15)4-10(16)6-11/h1-7H. The first kappa shape index (κ1) is 12.5. The summed E-state index contributed by atoms with van der Waals surface area (Å²) in [5.74, 6) is -1.28. The fourth-order valence-corrected chi connectivity index (χ4v) is 1.62. The van der Waals surface area contributed by atoms with Crippen molar-refractivity contribution in [2.45, 2.75) is 0 Å². The third-order valence-corrected chi connectivity index (χ3v) is 2.45. The molecule has 2 aromatic carbocycles. The number of carbonyl (C=O) groups excluding carboxylic acids is 1. The Morgan fingerprint density at radius 3 is 2.28 bits per heavy atom. The van der Waals surface area contributed by atoms with Crippen molar-refractivity contribution in [3.63, 3.8) is 0 Å². The Morgan fingerprint density at radius 1 is 1.06 bits per heavy atom. The van der Waals surface area contributed by atoms with Crippen LogP contribution in [0.5, 0.6) is 11.5 Å². The maximum absolute atomic E-state index is 13.0. The maximum atomic E-state index is 13.0. The van der Waals surface area contributed by atoms with Crippen molar-refractivity contribution in [1.82, 2.24) is 0 Å². The van der Waals surface area contributed by atoms with Crippen molar-refractivity contribution >= 4 is 17.9 Å². The third-order valence-electron chi connectivity index (χ3n) is 2.16. The molecule has 0 saturated carbocycles. The second-order valence-corrected chi connectivity index (χ2v) is 3.92. The number of benzene rings is 2. The molecule has 2 aromatic rings. The van der Waals surface area contributed by atoms with E-state index in [9.17, 15) is 13.6 Å². The van der Waals surface area contributed by atoms with Crippen molar-refractivity contribution in [2.75, 3.05) is 0 Å². The van der Waals surface area contributed by atoms with E-state index in [4.69, 9.17) is 16.3 Å². The molecule has 0 aliphatic heterocycles. The normalized spacial score (nSPS) is 10.2. The zero-order valence-electron chi connectivity index (χ0n) is 8.99. The van der Waals surface area contributed by atoms with Crippen LogP contribution >= 0.6 is 11.6 Å². The van der Waals surface area contributed by atoms with Gasteiger partial charge in [0.2, 0.25) is 0 Å². The van der Waals surface area contributed by atoms with Gasteiger partial charge in [0.25, 0.3) is 0 Å². The second-order valence-electron chi connectivity index (χ2n) is 3.51. The number of ether oxygens (including phenoxy) is 1. The lowest BCUT2D eigenvalue weighted by Gasteiger charge is -2.08. The van der Waals surface area contributed by atoms with E-state index < -0.39 is 11.6 Å². The molecule has 0 radical (unpaired) electrons. The highest BCUT2D eigenvalue weighted by Gasteiger charge is 2.07. The van der Waals surface area contributed by atoms with Crippen molar-refractivity contribution < 1.29 is 18.3 Å². The van der Waals surface area contributed by atoms with Crippen LogP contribution in [0.15, 0.2) is 36.4 Å². The van der Waals surface area contributed by atoms with Gasteiger partial charge in [-0.1, -0.05) is 11.6 Å². The monoisotopic (exact) mass is 268 g/mol. The Kier molecular flexibility index (Phi) is 3.58. The maximum Gasteiger partial charge on any atom is 0.150 e. The van der Waals surface area contributed by atoms with Crippen LogP contribution in [0.1, 0.15) is 10.4 Å². The van der Waals surface area contributed by atoms with Gasteiger partial charge in [-0.05, 0) is 18.2 Å². The summed E-state index contributed by atoms with van der Waals surface area (Å²) in [6.07, 6.45) is 0.636. The van der Waals surface area contributed by atoms with E-state index in [1.807, 2.05) is 0 Å². The molecule has 92 valence electrons. The van der Waals surface area contributed by atoms with Crippen LogP contribution < -0.4 is 4.74 Å². The lowest BCUT2D eigenvalue weighted by Crippen LogP contribution is -1.89. The average molecular weight is 269 g/mol. The Labute approximate surface area is 107 Å². The van der Waals surface area contributed by atoms with Crippen LogP contribution in [0.3, 0.4) is 0 Å². The molecule has 18 heavy (non-hydrogen) atoms. The summed E-state index contributed by atoms with van der Waals surface area (Å²) in [5.41, 5.74) is 0.387. The number of carbonyl (C=O) groups is 1. The molecular formula is C13H7ClF2O2. The van der Waals surface area contributed by atoms with Gasteiger partial charge in [-0.25, -0.2) is 8.78 Å².